The highest BCUT2D eigenvalue weighted by molar-refractivity contribution is 5.98. The van der Waals surface area contributed by atoms with Crippen LogP contribution < -0.4 is 5.73 Å². The summed E-state index contributed by atoms with van der Waals surface area (Å²) in [6, 6.07) is 6.25. The third-order valence-electron chi connectivity index (χ3n) is 3.86. The number of piperidine rings is 1. The van der Waals surface area contributed by atoms with Crippen molar-refractivity contribution in [1.82, 2.24) is 4.90 Å². The van der Waals surface area contributed by atoms with Gasteiger partial charge in [-0.15, -0.1) is 0 Å². The number of methoxy groups -OCH3 is 1. The summed E-state index contributed by atoms with van der Waals surface area (Å²) in [6.07, 6.45) is 2.81. The number of carbonyl (C=O) groups excluding carboxylic acids is 3. The van der Waals surface area contributed by atoms with E-state index in [1.165, 1.54) is 13.2 Å². The number of carbonyl (C=O) groups is 3. The van der Waals surface area contributed by atoms with E-state index in [4.69, 9.17) is 5.73 Å². The van der Waals surface area contributed by atoms with Crippen LogP contribution in [0.5, 0.6) is 0 Å². The molecule has 1 atom stereocenters. The largest absolute Gasteiger partial charge is 0.465 e. The summed E-state index contributed by atoms with van der Waals surface area (Å²) in [7, 11) is 1.30. The van der Waals surface area contributed by atoms with Crippen LogP contribution in [0.4, 0.5) is 0 Å². The first-order valence-corrected chi connectivity index (χ1v) is 7.30. The molecule has 2 rings (SSSR count). The molecule has 6 heteroatoms. The molecular formula is C16H20N2O4. The molecular weight excluding hydrogens is 284 g/mol. The summed E-state index contributed by atoms with van der Waals surface area (Å²) in [6.45, 7) is 0.596. The zero-order valence-electron chi connectivity index (χ0n) is 12.6. The van der Waals surface area contributed by atoms with Gasteiger partial charge in [0, 0.05) is 24.6 Å². The van der Waals surface area contributed by atoms with Crippen LogP contribution in [0.2, 0.25) is 0 Å². The van der Waals surface area contributed by atoms with Crippen molar-refractivity contribution in [1.29, 1.82) is 0 Å². The van der Waals surface area contributed by atoms with Gasteiger partial charge in [0.05, 0.1) is 12.7 Å². The molecule has 1 saturated heterocycles. The van der Waals surface area contributed by atoms with Gasteiger partial charge in [0.1, 0.15) is 0 Å². The first-order chi connectivity index (χ1) is 10.5. The minimum Gasteiger partial charge on any atom is -0.465 e. The van der Waals surface area contributed by atoms with E-state index in [2.05, 4.69) is 4.74 Å². The Morgan fingerprint density at radius 2 is 2.00 bits per heavy atom. The van der Waals surface area contributed by atoms with Gasteiger partial charge >= 0.3 is 5.97 Å². The predicted molar refractivity (Wildman–Crippen MR) is 80.3 cm³/mol. The molecule has 0 aliphatic carbocycles. The van der Waals surface area contributed by atoms with Crippen molar-refractivity contribution in [2.24, 2.45) is 5.73 Å². The fourth-order valence-electron chi connectivity index (χ4n) is 2.78. The fraction of sp³-hybridized carbons (Fsp3) is 0.438. The number of rotatable bonds is 4. The van der Waals surface area contributed by atoms with Gasteiger partial charge in [0.25, 0.3) is 5.91 Å². The van der Waals surface area contributed by atoms with Crippen LogP contribution >= 0.6 is 0 Å². The quantitative estimate of drug-likeness (QED) is 0.850. The van der Waals surface area contributed by atoms with E-state index < -0.39 is 11.9 Å². The van der Waals surface area contributed by atoms with Gasteiger partial charge in [-0.1, -0.05) is 6.07 Å². The lowest BCUT2D eigenvalue weighted by Gasteiger charge is -2.35. The third-order valence-corrected chi connectivity index (χ3v) is 3.86. The molecule has 0 unspecified atom stereocenters. The minimum absolute atomic E-state index is 0.166. The Kier molecular flexibility index (Phi) is 5.14. The highest BCUT2D eigenvalue weighted by atomic mass is 16.5. The first kappa shape index (κ1) is 16.0. The number of primary amides is 1. The van der Waals surface area contributed by atoms with Crippen LogP contribution in [0, 0.1) is 0 Å². The standard InChI is InChI=1S/C16H20N2O4/c1-22-16(21)12-6-4-5-11(9-12)15(20)18-8-3-2-7-13(18)10-14(17)19/h4-6,9,13H,2-3,7-8,10H2,1H3,(H2,17,19)/t13-/m1/s1. The lowest BCUT2D eigenvalue weighted by molar-refractivity contribution is -0.119. The van der Waals surface area contributed by atoms with Crippen molar-refractivity contribution in [2.45, 2.75) is 31.7 Å². The number of hydrogen-bond donors (Lipinski definition) is 1. The van der Waals surface area contributed by atoms with Crippen LogP contribution in [0.3, 0.4) is 0 Å². The molecule has 1 heterocycles. The van der Waals surface area contributed by atoms with E-state index >= 15 is 0 Å². The lowest BCUT2D eigenvalue weighted by atomic mass is 9.97. The zero-order valence-corrected chi connectivity index (χ0v) is 12.6. The van der Waals surface area contributed by atoms with Gasteiger partial charge in [0.15, 0.2) is 0 Å². The number of likely N-dealkylation sites (tertiary alicyclic amines) is 1. The first-order valence-electron chi connectivity index (χ1n) is 7.30. The monoisotopic (exact) mass is 304 g/mol. The number of amides is 2. The fourth-order valence-corrected chi connectivity index (χ4v) is 2.78. The molecule has 0 radical (unpaired) electrons. The molecule has 1 aliphatic rings. The molecule has 0 bridgehead atoms. The molecule has 0 aromatic heterocycles. The van der Waals surface area contributed by atoms with Crippen LogP contribution in [-0.2, 0) is 9.53 Å². The topological polar surface area (TPSA) is 89.7 Å². The molecule has 0 spiro atoms. The van der Waals surface area contributed by atoms with E-state index in [0.717, 1.165) is 19.3 Å². The zero-order chi connectivity index (χ0) is 16.1. The molecule has 1 aromatic rings. The van der Waals surface area contributed by atoms with Gasteiger partial charge in [-0.2, -0.15) is 0 Å². The Bertz CT molecular complexity index is 585. The van der Waals surface area contributed by atoms with Gasteiger partial charge in [0.2, 0.25) is 5.91 Å². The Hall–Kier alpha value is -2.37. The summed E-state index contributed by atoms with van der Waals surface area (Å²) >= 11 is 0. The van der Waals surface area contributed by atoms with Crippen LogP contribution in [0.15, 0.2) is 24.3 Å². The molecule has 0 saturated carbocycles. The molecule has 2 amide bonds. The van der Waals surface area contributed by atoms with Crippen molar-refractivity contribution in [3.8, 4) is 0 Å². The molecule has 1 fully saturated rings. The van der Waals surface area contributed by atoms with E-state index in [1.54, 1.807) is 23.1 Å². The Morgan fingerprint density at radius 1 is 1.27 bits per heavy atom. The number of nitrogens with two attached hydrogens (primary N) is 1. The summed E-state index contributed by atoms with van der Waals surface area (Å²) in [5.74, 6) is -1.08. The number of hydrogen-bond acceptors (Lipinski definition) is 4. The Morgan fingerprint density at radius 3 is 2.68 bits per heavy atom. The molecule has 1 aliphatic heterocycles. The van der Waals surface area contributed by atoms with Crippen LogP contribution in [0.1, 0.15) is 46.4 Å². The third kappa shape index (κ3) is 3.63. The van der Waals surface area contributed by atoms with Crippen LogP contribution in [-0.4, -0.2) is 42.4 Å². The van der Waals surface area contributed by atoms with Crippen molar-refractivity contribution in [3.63, 3.8) is 0 Å². The normalized spacial score (nSPS) is 17.9. The highest BCUT2D eigenvalue weighted by Crippen LogP contribution is 2.22. The second-order valence-electron chi connectivity index (χ2n) is 5.39. The highest BCUT2D eigenvalue weighted by Gasteiger charge is 2.28. The SMILES string of the molecule is COC(=O)c1cccc(C(=O)N2CCCC[C@@H]2CC(N)=O)c1. The number of nitrogens with zero attached hydrogens (tertiary/aromatic N) is 1. The van der Waals surface area contributed by atoms with Crippen molar-refractivity contribution in [2.75, 3.05) is 13.7 Å². The summed E-state index contributed by atoms with van der Waals surface area (Å²) in [5, 5.41) is 0. The van der Waals surface area contributed by atoms with Crippen molar-refractivity contribution >= 4 is 17.8 Å². The smallest absolute Gasteiger partial charge is 0.337 e. The van der Waals surface area contributed by atoms with E-state index in [-0.39, 0.29) is 18.4 Å². The summed E-state index contributed by atoms with van der Waals surface area (Å²) in [4.78, 5) is 37.1. The van der Waals surface area contributed by atoms with Crippen molar-refractivity contribution in [3.05, 3.63) is 35.4 Å². The maximum atomic E-state index is 12.7. The molecule has 2 N–H and O–H groups in total. The minimum atomic E-state index is -0.484. The van der Waals surface area contributed by atoms with E-state index in [1.807, 2.05) is 0 Å². The van der Waals surface area contributed by atoms with Gasteiger partial charge in [-0.05, 0) is 37.5 Å². The van der Waals surface area contributed by atoms with Crippen LogP contribution in [0.25, 0.3) is 0 Å². The van der Waals surface area contributed by atoms with Crippen molar-refractivity contribution < 1.29 is 19.1 Å². The number of benzene rings is 1. The van der Waals surface area contributed by atoms with Gasteiger partial charge in [-0.25, -0.2) is 4.79 Å². The summed E-state index contributed by atoms with van der Waals surface area (Å²) < 4.78 is 4.67. The Labute approximate surface area is 129 Å². The maximum Gasteiger partial charge on any atom is 0.337 e. The second kappa shape index (κ2) is 7.06. The van der Waals surface area contributed by atoms with E-state index in [0.29, 0.717) is 17.7 Å². The van der Waals surface area contributed by atoms with Gasteiger partial charge in [-0.3, -0.25) is 9.59 Å². The average molecular weight is 304 g/mol. The number of ether oxygens (including phenoxy) is 1. The van der Waals surface area contributed by atoms with Gasteiger partial charge < -0.3 is 15.4 Å². The predicted octanol–water partition coefficient (Wildman–Crippen LogP) is 1.34. The van der Waals surface area contributed by atoms with E-state index in [9.17, 15) is 14.4 Å². The molecule has 118 valence electrons. The average Bonchev–Trinajstić information content (AvgIpc) is 2.53. The maximum absolute atomic E-state index is 12.7. The molecule has 22 heavy (non-hydrogen) atoms. The molecule has 6 nitrogen and oxygen atoms in total. The Balaban J connectivity index is 2.21. The lowest BCUT2D eigenvalue weighted by Crippen LogP contribution is -2.45. The second-order valence-corrected chi connectivity index (χ2v) is 5.39. The molecule has 1 aromatic carbocycles. The number of esters is 1. The summed E-state index contributed by atoms with van der Waals surface area (Å²) in [5.41, 5.74) is 6.01.